The van der Waals surface area contributed by atoms with Gasteiger partial charge in [-0.2, -0.15) is 0 Å². The summed E-state index contributed by atoms with van der Waals surface area (Å²) in [4.78, 5) is 3.26. The average Bonchev–Trinajstić information content (AvgIpc) is 2.89. The predicted octanol–water partition coefficient (Wildman–Crippen LogP) is 3.24. The van der Waals surface area contributed by atoms with E-state index in [0.29, 0.717) is 6.54 Å². The molecule has 0 saturated heterocycles. The zero-order chi connectivity index (χ0) is 13.1. The number of hydrogen-bond acceptors (Lipinski definition) is 2. The van der Waals surface area contributed by atoms with Crippen LogP contribution in [0.2, 0.25) is 0 Å². The summed E-state index contributed by atoms with van der Waals surface area (Å²) in [6, 6.07) is 16.7. The van der Waals surface area contributed by atoms with Crippen LogP contribution in [0.5, 0.6) is 0 Å². The van der Waals surface area contributed by atoms with Crippen LogP contribution in [0.1, 0.15) is 11.1 Å². The monoisotopic (exact) mass is 251 g/mol. The van der Waals surface area contributed by atoms with E-state index < -0.39 is 0 Å². The number of nitrogens with one attached hydrogen (secondary N) is 2. The Labute approximate surface area is 112 Å². The lowest BCUT2D eigenvalue weighted by Gasteiger charge is -2.06. The van der Waals surface area contributed by atoms with Gasteiger partial charge in [0.1, 0.15) is 0 Å². The minimum atomic E-state index is 0.593. The zero-order valence-corrected chi connectivity index (χ0v) is 10.7. The molecule has 0 aliphatic carbocycles. The van der Waals surface area contributed by atoms with Crippen molar-refractivity contribution < 1.29 is 0 Å². The van der Waals surface area contributed by atoms with Gasteiger partial charge in [-0.05, 0) is 17.2 Å². The van der Waals surface area contributed by atoms with Gasteiger partial charge < -0.3 is 16.0 Å². The van der Waals surface area contributed by atoms with E-state index in [4.69, 9.17) is 5.73 Å². The summed E-state index contributed by atoms with van der Waals surface area (Å²) in [7, 11) is 0. The SMILES string of the molecule is NCc1ccc(CNc2c[nH]c3ccccc23)cc1. The maximum Gasteiger partial charge on any atom is 0.0600 e. The molecule has 0 saturated carbocycles. The van der Waals surface area contributed by atoms with Crippen LogP contribution in [-0.2, 0) is 13.1 Å². The second-order valence-electron chi connectivity index (χ2n) is 4.62. The van der Waals surface area contributed by atoms with Gasteiger partial charge in [0.05, 0.1) is 5.69 Å². The highest BCUT2D eigenvalue weighted by Gasteiger charge is 2.02. The van der Waals surface area contributed by atoms with Crippen LogP contribution in [0.3, 0.4) is 0 Å². The molecule has 0 radical (unpaired) electrons. The summed E-state index contributed by atoms with van der Waals surface area (Å²) in [5.41, 5.74) is 10.3. The Morgan fingerprint density at radius 2 is 1.68 bits per heavy atom. The lowest BCUT2D eigenvalue weighted by molar-refractivity contribution is 1.06. The quantitative estimate of drug-likeness (QED) is 0.666. The lowest BCUT2D eigenvalue weighted by atomic mass is 10.1. The van der Waals surface area contributed by atoms with Crippen LogP contribution < -0.4 is 11.1 Å². The molecule has 0 bridgehead atoms. The van der Waals surface area contributed by atoms with Gasteiger partial charge in [-0.3, -0.25) is 0 Å². The first-order chi connectivity index (χ1) is 9.36. The smallest absolute Gasteiger partial charge is 0.0600 e. The Balaban J connectivity index is 1.74. The molecule has 0 spiro atoms. The van der Waals surface area contributed by atoms with E-state index in [0.717, 1.165) is 23.3 Å². The average molecular weight is 251 g/mol. The molecule has 0 atom stereocenters. The van der Waals surface area contributed by atoms with Crippen molar-refractivity contribution in [3.8, 4) is 0 Å². The van der Waals surface area contributed by atoms with Crippen LogP contribution in [0.4, 0.5) is 5.69 Å². The van der Waals surface area contributed by atoms with Gasteiger partial charge >= 0.3 is 0 Å². The molecule has 0 aliphatic heterocycles. The van der Waals surface area contributed by atoms with Gasteiger partial charge in [0.15, 0.2) is 0 Å². The Hall–Kier alpha value is -2.26. The summed E-state index contributed by atoms with van der Waals surface area (Å²) < 4.78 is 0. The molecule has 1 heterocycles. The van der Waals surface area contributed by atoms with Crippen molar-refractivity contribution in [1.82, 2.24) is 4.98 Å². The van der Waals surface area contributed by atoms with Gasteiger partial charge in [0.25, 0.3) is 0 Å². The van der Waals surface area contributed by atoms with Crippen LogP contribution in [-0.4, -0.2) is 4.98 Å². The van der Waals surface area contributed by atoms with E-state index in [1.165, 1.54) is 10.9 Å². The minimum absolute atomic E-state index is 0.593. The Kier molecular flexibility index (Phi) is 3.21. The van der Waals surface area contributed by atoms with Crippen molar-refractivity contribution in [3.63, 3.8) is 0 Å². The van der Waals surface area contributed by atoms with Gasteiger partial charge in [-0.1, -0.05) is 42.5 Å². The second kappa shape index (κ2) is 5.16. The highest BCUT2D eigenvalue weighted by atomic mass is 14.9. The largest absolute Gasteiger partial charge is 0.379 e. The van der Waals surface area contributed by atoms with Crippen molar-refractivity contribution in [2.45, 2.75) is 13.1 Å². The Bertz CT molecular complexity index is 668. The highest BCUT2D eigenvalue weighted by Crippen LogP contribution is 2.22. The molecular weight excluding hydrogens is 234 g/mol. The number of H-pyrrole nitrogens is 1. The molecule has 3 heteroatoms. The summed E-state index contributed by atoms with van der Waals surface area (Å²) in [6.07, 6.45) is 2.01. The maximum absolute atomic E-state index is 5.59. The number of para-hydroxylation sites is 1. The second-order valence-corrected chi connectivity index (χ2v) is 4.62. The van der Waals surface area contributed by atoms with Crippen molar-refractivity contribution >= 4 is 16.6 Å². The minimum Gasteiger partial charge on any atom is -0.379 e. The van der Waals surface area contributed by atoms with E-state index in [1.54, 1.807) is 0 Å². The van der Waals surface area contributed by atoms with Crippen LogP contribution >= 0.6 is 0 Å². The molecule has 0 aliphatic rings. The Morgan fingerprint density at radius 1 is 0.947 bits per heavy atom. The summed E-state index contributed by atoms with van der Waals surface area (Å²) in [6.45, 7) is 1.41. The topological polar surface area (TPSA) is 53.8 Å². The molecule has 4 N–H and O–H groups in total. The number of rotatable bonds is 4. The first-order valence-corrected chi connectivity index (χ1v) is 6.44. The fourth-order valence-electron chi connectivity index (χ4n) is 2.21. The maximum atomic E-state index is 5.59. The number of aromatic amines is 1. The number of benzene rings is 2. The molecule has 19 heavy (non-hydrogen) atoms. The zero-order valence-electron chi connectivity index (χ0n) is 10.7. The molecule has 2 aromatic carbocycles. The van der Waals surface area contributed by atoms with E-state index >= 15 is 0 Å². The van der Waals surface area contributed by atoms with Crippen molar-refractivity contribution in [3.05, 3.63) is 65.9 Å². The van der Waals surface area contributed by atoms with Gasteiger partial charge in [-0.25, -0.2) is 0 Å². The van der Waals surface area contributed by atoms with Gasteiger partial charge in [-0.15, -0.1) is 0 Å². The molecule has 0 unspecified atom stereocenters. The third kappa shape index (κ3) is 2.46. The first-order valence-electron chi connectivity index (χ1n) is 6.44. The van der Waals surface area contributed by atoms with E-state index in [1.807, 2.05) is 12.3 Å². The molecule has 3 rings (SSSR count). The van der Waals surface area contributed by atoms with Crippen molar-refractivity contribution in [2.75, 3.05) is 5.32 Å². The van der Waals surface area contributed by atoms with E-state index in [9.17, 15) is 0 Å². The van der Waals surface area contributed by atoms with E-state index in [-0.39, 0.29) is 0 Å². The number of aromatic nitrogens is 1. The summed E-state index contributed by atoms with van der Waals surface area (Å²) >= 11 is 0. The molecule has 0 amide bonds. The standard InChI is InChI=1S/C16H17N3/c17-9-12-5-7-13(8-6-12)10-18-16-11-19-15-4-2-1-3-14(15)16/h1-8,11,18-19H,9-10,17H2. The van der Waals surface area contributed by atoms with Gasteiger partial charge in [0.2, 0.25) is 0 Å². The Morgan fingerprint density at radius 3 is 2.47 bits per heavy atom. The third-order valence-corrected chi connectivity index (χ3v) is 3.33. The number of nitrogens with two attached hydrogens (primary N) is 1. The highest BCUT2D eigenvalue weighted by molar-refractivity contribution is 5.92. The number of hydrogen-bond donors (Lipinski definition) is 3. The molecule has 0 fully saturated rings. The summed E-state index contributed by atoms with van der Waals surface area (Å²) in [5, 5.41) is 4.68. The number of anilines is 1. The normalized spacial score (nSPS) is 10.8. The van der Waals surface area contributed by atoms with Crippen LogP contribution in [0.15, 0.2) is 54.7 Å². The lowest BCUT2D eigenvalue weighted by Crippen LogP contribution is -2.00. The third-order valence-electron chi connectivity index (χ3n) is 3.33. The van der Waals surface area contributed by atoms with Crippen LogP contribution in [0.25, 0.3) is 10.9 Å². The first kappa shape index (κ1) is 11.8. The fraction of sp³-hybridized carbons (Fsp3) is 0.125. The number of fused-ring (bicyclic) bond motifs is 1. The predicted molar refractivity (Wildman–Crippen MR) is 80.0 cm³/mol. The summed E-state index contributed by atoms with van der Waals surface area (Å²) in [5.74, 6) is 0. The molecule has 1 aromatic heterocycles. The molecular formula is C16H17N3. The van der Waals surface area contributed by atoms with Crippen molar-refractivity contribution in [1.29, 1.82) is 0 Å². The molecule has 3 aromatic rings. The molecule has 96 valence electrons. The molecule has 3 nitrogen and oxygen atoms in total. The van der Waals surface area contributed by atoms with Gasteiger partial charge in [0, 0.05) is 30.2 Å². The van der Waals surface area contributed by atoms with Crippen molar-refractivity contribution in [2.24, 2.45) is 5.73 Å². The fourth-order valence-corrected chi connectivity index (χ4v) is 2.21. The van der Waals surface area contributed by atoms with E-state index in [2.05, 4.69) is 52.8 Å². The van der Waals surface area contributed by atoms with Crippen LogP contribution in [0, 0.1) is 0 Å².